The minimum absolute atomic E-state index is 0. The van der Waals surface area contributed by atoms with E-state index in [0.717, 1.165) is 27.8 Å². The molecule has 0 aliphatic heterocycles. The van der Waals surface area contributed by atoms with Gasteiger partial charge in [-0.15, -0.1) is 0 Å². The van der Waals surface area contributed by atoms with Crippen LogP contribution >= 0.6 is 0 Å². The third-order valence-corrected chi connectivity index (χ3v) is 10.2. The fourth-order valence-electron chi connectivity index (χ4n) is 5.39. The van der Waals surface area contributed by atoms with E-state index in [2.05, 4.69) is 70.5 Å². The molecule has 0 unspecified atom stereocenters. The van der Waals surface area contributed by atoms with Crippen LogP contribution in [0.15, 0.2) is 89.8 Å². The molecular formula is C39H52N2O2RuS. The summed E-state index contributed by atoms with van der Waals surface area (Å²) in [6.07, 6.45) is 0. The van der Waals surface area contributed by atoms with Crippen molar-refractivity contribution < 1.29 is 27.9 Å². The number of rotatable bonds is 9. The minimum Gasteiger partial charge on any atom is -0.322 e. The van der Waals surface area contributed by atoms with E-state index in [0.29, 0.717) is 10.8 Å². The van der Waals surface area contributed by atoms with Crippen LogP contribution in [0.2, 0.25) is 0 Å². The van der Waals surface area contributed by atoms with Crippen LogP contribution in [0.3, 0.4) is 0 Å². The van der Waals surface area contributed by atoms with Gasteiger partial charge in [0, 0.05) is 19.5 Å². The summed E-state index contributed by atoms with van der Waals surface area (Å²) in [6.45, 7) is 21.1. The standard InChI is InChI=1S/C29H38N2O2S.C10H14.Ru/c1-19(2)24-17-25(20(3)4)29(26(18-24)21(5)6)34(32,33)31-28(23-15-11-8-12-16-23)27(30)22-13-9-7-10-14-22;1-7-5-6-8(2)10(4)9(7)3;/h7-21,27-28,31H,30H2,1-6H3;5-6H,1-4H3;/t27-,28-;;/m0../s1. The first kappa shape index (κ1) is 38.6. The summed E-state index contributed by atoms with van der Waals surface area (Å²) in [7, 11) is -3.88. The van der Waals surface area contributed by atoms with Crippen molar-refractivity contribution in [3.8, 4) is 0 Å². The zero-order valence-electron chi connectivity index (χ0n) is 28.6. The Hall–Kier alpha value is -2.63. The number of hydrogen-bond donors (Lipinski definition) is 2. The minimum atomic E-state index is -3.88. The van der Waals surface area contributed by atoms with Gasteiger partial charge in [-0.2, -0.15) is 0 Å². The van der Waals surface area contributed by atoms with Crippen molar-refractivity contribution in [3.05, 3.63) is 135 Å². The summed E-state index contributed by atoms with van der Waals surface area (Å²) in [4.78, 5) is 0.392. The second kappa shape index (κ2) is 16.8. The van der Waals surface area contributed by atoms with Crippen molar-refractivity contribution in [3.63, 3.8) is 0 Å². The number of benzene rings is 4. The van der Waals surface area contributed by atoms with Gasteiger partial charge in [-0.25, -0.2) is 13.1 Å². The summed E-state index contributed by atoms with van der Waals surface area (Å²) in [6, 6.07) is 26.5. The van der Waals surface area contributed by atoms with Gasteiger partial charge in [0.25, 0.3) is 0 Å². The molecule has 0 saturated heterocycles. The first-order chi connectivity index (χ1) is 20.7. The molecule has 0 heterocycles. The van der Waals surface area contributed by atoms with Crippen LogP contribution < -0.4 is 10.5 Å². The van der Waals surface area contributed by atoms with Crippen LogP contribution in [-0.4, -0.2) is 8.42 Å². The average Bonchev–Trinajstić information content (AvgIpc) is 3.00. The van der Waals surface area contributed by atoms with Gasteiger partial charge in [-0.05, 0) is 95.5 Å². The van der Waals surface area contributed by atoms with E-state index in [1.54, 1.807) is 0 Å². The Bertz CT molecular complexity index is 1580. The van der Waals surface area contributed by atoms with Gasteiger partial charge in [0.15, 0.2) is 0 Å². The van der Waals surface area contributed by atoms with Crippen molar-refractivity contribution in [1.82, 2.24) is 4.72 Å². The predicted molar refractivity (Wildman–Crippen MR) is 187 cm³/mol. The van der Waals surface area contributed by atoms with Gasteiger partial charge in [0.1, 0.15) is 0 Å². The van der Waals surface area contributed by atoms with E-state index in [1.165, 1.54) is 22.3 Å². The maximum Gasteiger partial charge on any atom is 0.241 e. The Morgan fingerprint density at radius 2 is 0.978 bits per heavy atom. The van der Waals surface area contributed by atoms with Gasteiger partial charge in [-0.3, -0.25) is 0 Å². The molecular weight excluding hydrogens is 662 g/mol. The second-order valence-corrected chi connectivity index (χ2v) is 14.5. The molecule has 3 N–H and O–H groups in total. The Morgan fingerprint density at radius 1 is 0.578 bits per heavy atom. The van der Waals surface area contributed by atoms with Crippen LogP contribution in [0.1, 0.15) is 121 Å². The SMILES string of the molecule is CC(C)c1cc(C(C)C)c(S(=O)(=O)N[C@@H](c2ccccc2)[C@@H](N)c2ccccc2)c(C(C)C)c1.Cc1ccc(C)c(C)c1C.[Ru]. The predicted octanol–water partition coefficient (Wildman–Crippen LogP) is 9.69. The number of sulfonamides is 1. The third-order valence-electron chi connectivity index (χ3n) is 8.66. The summed E-state index contributed by atoms with van der Waals surface area (Å²) in [5.41, 5.74) is 16.9. The Kier molecular flexibility index (Phi) is 14.4. The molecule has 0 aliphatic carbocycles. The van der Waals surface area contributed by atoms with Gasteiger partial charge in [0.2, 0.25) is 10.0 Å². The molecule has 4 aromatic carbocycles. The average molecular weight is 714 g/mol. The maximum atomic E-state index is 14.1. The van der Waals surface area contributed by atoms with Gasteiger partial charge >= 0.3 is 0 Å². The number of aryl methyl sites for hydroxylation is 2. The van der Waals surface area contributed by atoms with Crippen molar-refractivity contribution in [2.75, 3.05) is 0 Å². The van der Waals surface area contributed by atoms with Crippen molar-refractivity contribution in [2.45, 2.75) is 104 Å². The van der Waals surface area contributed by atoms with Crippen LogP contribution in [0.5, 0.6) is 0 Å². The number of hydrogen-bond acceptors (Lipinski definition) is 3. The largest absolute Gasteiger partial charge is 0.322 e. The van der Waals surface area contributed by atoms with Crippen LogP contribution in [0.4, 0.5) is 0 Å². The van der Waals surface area contributed by atoms with E-state index >= 15 is 0 Å². The van der Waals surface area contributed by atoms with Crippen molar-refractivity contribution >= 4 is 10.0 Å². The molecule has 0 fully saturated rings. The fourth-order valence-corrected chi connectivity index (χ4v) is 7.34. The number of nitrogens with one attached hydrogen (secondary N) is 1. The van der Waals surface area contributed by atoms with Gasteiger partial charge < -0.3 is 5.73 Å². The quantitative estimate of drug-likeness (QED) is 0.170. The van der Waals surface area contributed by atoms with Crippen molar-refractivity contribution in [1.29, 1.82) is 0 Å². The van der Waals surface area contributed by atoms with E-state index < -0.39 is 22.1 Å². The molecule has 244 valence electrons. The number of nitrogens with two attached hydrogens (primary N) is 1. The summed E-state index contributed by atoms with van der Waals surface area (Å²) in [5, 5.41) is 0. The van der Waals surface area contributed by atoms with Gasteiger partial charge in [0.05, 0.1) is 17.0 Å². The molecule has 0 aromatic heterocycles. The molecule has 6 heteroatoms. The van der Waals surface area contributed by atoms with Crippen LogP contribution in [0, 0.1) is 27.7 Å². The molecule has 0 aliphatic rings. The zero-order chi connectivity index (χ0) is 32.8. The zero-order valence-corrected chi connectivity index (χ0v) is 31.2. The summed E-state index contributed by atoms with van der Waals surface area (Å²) < 4.78 is 31.2. The Labute approximate surface area is 286 Å². The van der Waals surface area contributed by atoms with E-state index in [-0.39, 0.29) is 31.3 Å². The first-order valence-electron chi connectivity index (χ1n) is 15.7. The third kappa shape index (κ3) is 9.69. The molecule has 4 nitrogen and oxygen atoms in total. The maximum absolute atomic E-state index is 14.1. The normalized spacial score (nSPS) is 12.8. The molecule has 4 rings (SSSR count). The van der Waals surface area contributed by atoms with Crippen LogP contribution in [-0.2, 0) is 29.5 Å². The fraction of sp³-hybridized carbons (Fsp3) is 0.385. The Balaban J connectivity index is 0.000000546. The smallest absolute Gasteiger partial charge is 0.241 e. The molecule has 0 saturated carbocycles. The van der Waals surface area contributed by atoms with Gasteiger partial charge in [-0.1, -0.05) is 126 Å². The molecule has 0 amide bonds. The second-order valence-electron chi connectivity index (χ2n) is 12.9. The molecule has 0 bridgehead atoms. The monoisotopic (exact) mass is 714 g/mol. The van der Waals surface area contributed by atoms with E-state index in [1.807, 2.05) is 88.4 Å². The van der Waals surface area contributed by atoms with Crippen molar-refractivity contribution in [2.24, 2.45) is 5.73 Å². The molecule has 0 spiro atoms. The Morgan fingerprint density at radius 3 is 1.36 bits per heavy atom. The van der Waals surface area contributed by atoms with E-state index in [9.17, 15) is 8.42 Å². The molecule has 4 aromatic rings. The van der Waals surface area contributed by atoms with Crippen LogP contribution in [0.25, 0.3) is 0 Å². The molecule has 2 atom stereocenters. The molecule has 0 radical (unpaired) electrons. The van der Waals surface area contributed by atoms with E-state index in [4.69, 9.17) is 5.73 Å². The summed E-state index contributed by atoms with van der Waals surface area (Å²) in [5.74, 6) is 0.421. The topological polar surface area (TPSA) is 72.2 Å². The first-order valence-corrected chi connectivity index (χ1v) is 17.2. The molecule has 45 heavy (non-hydrogen) atoms. The summed E-state index contributed by atoms with van der Waals surface area (Å²) >= 11 is 0.